The molecule has 0 amide bonds. The second kappa shape index (κ2) is 7.93. The molecule has 7 heteroatoms. The highest BCUT2D eigenvalue weighted by Gasteiger charge is 2.08. The van der Waals surface area contributed by atoms with E-state index in [1.165, 1.54) is 9.75 Å². The molecule has 0 bridgehead atoms. The van der Waals surface area contributed by atoms with E-state index in [1.807, 2.05) is 18.3 Å². The van der Waals surface area contributed by atoms with Crippen LogP contribution in [0.4, 0.5) is 0 Å². The lowest BCUT2D eigenvalue weighted by atomic mass is 10.2. The predicted octanol–water partition coefficient (Wildman–Crippen LogP) is 2.43. The third-order valence-electron chi connectivity index (χ3n) is 2.98. The van der Waals surface area contributed by atoms with E-state index in [0.29, 0.717) is 24.3 Å². The number of hydrogen-bond donors (Lipinski definition) is 2. The van der Waals surface area contributed by atoms with E-state index in [2.05, 4.69) is 51.7 Å². The Morgan fingerprint density at radius 3 is 2.82 bits per heavy atom. The molecule has 0 aliphatic heterocycles. The van der Waals surface area contributed by atoms with E-state index >= 15 is 0 Å². The van der Waals surface area contributed by atoms with E-state index in [0.717, 1.165) is 18.9 Å². The van der Waals surface area contributed by atoms with Gasteiger partial charge in [0.2, 0.25) is 5.89 Å². The Morgan fingerprint density at radius 2 is 2.23 bits per heavy atom. The van der Waals surface area contributed by atoms with Crippen LogP contribution in [-0.4, -0.2) is 28.7 Å². The molecule has 0 fully saturated rings. The van der Waals surface area contributed by atoms with Crippen LogP contribution in [0.3, 0.4) is 0 Å². The summed E-state index contributed by atoms with van der Waals surface area (Å²) in [6.07, 6.45) is 0.976. The van der Waals surface area contributed by atoms with Crippen LogP contribution in [0.2, 0.25) is 0 Å². The first-order chi connectivity index (χ1) is 10.6. The summed E-state index contributed by atoms with van der Waals surface area (Å²) in [6, 6.07) is 4.64. The van der Waals surface area contributed by atoms with Gasteiger partial charge in [0.1, 0.15) is 6.54 Å². The van der Waals surface area contributed by atoms with Crippen molar-refractivity contribution in [2.45, 2.75) is 46.7 Å². The van der Waals surface area contributed by atoms with Gasteiger partial charge in [-0.3, -0.25) is 0 Å². The third-order valence-corrected chi connectivity index (χ3v) is 4.00. The Balaban J connectivity index is 1.92. The normalized spacial score (nSPS) is 13.2. The number of aromatic nitrogens is 2. The summed E-state index contributed by atoms with van der Waals surface area (Å²) in [5.41, 5.74) is 0. The van der Waals surface area contributed by atoms with Gasteiger partial charge >= 0.3 is 0 Å². The predicted molar refractivity (Wildman–Crippen MR) is 89.2 cm³/mol. The van der Waals surface area contributed by atoms with Crippen LogP contribution in [-0.2, 0) is 13.0 Å². The standard InChI is InChI=1S/C15H23N5OS/c1-5-16-15(17-9-14-19-12(4)21-20-14)18-10(2)8-13-7-6-11(3)22-13/h6-7,10H,5,8-9H2,1-4H3,(H2,16,17,18). The number of nitrogens with one attached hydrogen (secondary N) is 2. The lowest BCUT2D eigenvalue weighted by Gasteiger charge is -2.17. The van der Waals surface area contributed by atoms with Crippen molar-refractivity contribution in [2.24, 2.45) is 4.99 Å². The van der Waals surface area contributed by atoms with Crippen LogP contribution >= 0.6 is 11.3 Å². The maximum absolute atomic E-state index is 4.95. The van der Waals surface area contributed by atoms with Crippen molar-refractivity contribution in [2.75, 3.05) is 6.54 Å². The summed E-state index contributed by atoms with van der Waals surface area (Å²) in [7, 11) is 0. The van der Waals surface area contributed by atoms with Gasteiger partial charge in [-0.15, -0.1) is 11.3 Å². The van der Waals surface area contributed by atoms with Gasteiger partial charge in [0.15, 0.2) is 11.8 Å². The molecule has 1 atom stereocenters. The third kappa shape index (κ3) is 5.14. The number of guanidine groups is 1. The quantitative estimate of drug-likeness (QED) is 0.631. The van der Waals surface area contributed by atoms with E-state index in [1.54, 1.807) is 6.92 Å². The smallest absolute Gasteiger partial charge is 0.223 e. The van der Waals surface area contributed by atoms with Crippen LogP contribution < -0.4 is 10.6 Å². The largest absolute Gasteiger partial charge is 0.357 e. The Kier molecular flexibility index (Phi) is 5.94. The SMILES string of the molecule is CCNC(=NCc1noc(C)n1)NC(C)Cc1ccc(C)s1. The average Bonchev–Trinajstić information content (AvgIpc) is 3.05. The fourth-order valence-electron chi connectivity index (χ4n) is 2.06. The molecule has 0 saturated heterocycles. The molecule has 1 unspecified atom stereocenters. The number of aliphatic imine (C=N–C) groups is 1. The molecule has 2 rings (SSSR count). The molecule has 6 nitrogen and oxygen atoms in total. The number of hydrogen-bond acceptors (Lipinski definition) is 5. The Hall–Kier alpha value is -1.89. The van der Waals surface area contributed by atoms with Crippen LogP contribution in [0.5, 0.6) is 0 Å². The zero-order chi connectivity index (χ0) is 15.9. The van der Waals surface area contributed by atoms with Gasteiger partial charge in [0.25, 0.3) is 0 Å². The van der Waals surface area contributed by atoms with Crippen molar-refractivity contribution < 1.29 is 4.52 Å². The molecule has 0 spiro atoms. The first kappa shape index (κ1) is 16.5. The van der Waals surface area contributed by atoms with E-state index in [9.17, 15) is 0 Å². The fourth-order valence-corrected chi connectivity index (χ4v) is 3.08. The minimum atomic E-state index is 0.294. The van der Waals surface area contributed by atoms with Gasteiger partial charge in [-0.25, -0.2) is 4.99 Å². The van der Waals surface area contributed by atoms with Crippen molar-refractivity contribution in [3.63, 3.8) is 0 Å². The second-order valence-corrected chi connectivity index (χ2v) is 6.56. The molecule has 2 heterocycles. The molecule has 0 radical (unpaired) electrons. The van der Waals surface area contributed by atoms with Crippen molar-refractivity contribution >= 4 is 17.3 Å². The number of nitrogens with zero attached hydrogens (tertiary/aromatic N) is 3. The molecule has 120 valence electrons. The minimum Gasteiger partial charge on any atom is -0.357 e. The van der Waals surface area contributed by atoms with Gasteiger partial charge in [0, 0.05) is 35.7 Å². The Labute approximate surface area is 135 Å². The maximum Gasteiger partial charge on any atom is 0.223 e. The minimum absolute atomic E-state index is 0.294. The first-order valence-corrected chi connectivity index (χ1v) is 8.27. The van der Waals surface area contributed by atoms with Gasteiger partial charge in [-0.2, -0.15) is 4.98 Å². The number of thiophene rings is 1. The highest BCUT2D eigenvalue weighted by atomic mass is 32.1. The van der Waals surface area contributed by atoms with Gasteiger partial charge in [-0.05, 0) is 32.9 Å². The molecular weight excluding hydrogens is 298 g/mol. The van der Waals surface area contributed by atoms with Gasteiger partial charge < -0.3 is 15.2 Å². The van der Waals surface area contributed by atoms with Crippen LogP contribution in [0.25, 0.3) is 0 Å². The number of rotatable bonds is 6. The zero-order valence-electron chi connectivity index (χ0n) is 13.5. The summed E-state index contributed by atoms with van der Waals surface area (Å²) in [5, 5.41) is 10.5. The summed E-state index contributed by atoms with van der Waals surface area (Å²) < 4.78 is 4.95. The summed E-state index contributed by atoms with van der Waals surface area (Å²) in [5.74, 6) is 1.92. The molecule has 0 aromatic carbocycles. The Morgan fingerprint density at radius 1 is 1.41 bits per heavy atom. The molecule has 2 aromatic rings. The molecule has 2 aromatic heterocycles. The van der Waals surface area contributed by atoms with Crippen molar-refractivity contribution in [3.05, 3.63) is 33.6 Å². The fraction of sp³-hybridized carbons (Fsp3) is 0.533. The summed E-state index contributed by atoms with van der Waals surface area (Å²) >= 11 is 1.84. The van der Waals surface area contributed by atoms with Crippen molar-refractivity contribution in [3.8, 4) is 0 Å². The first-order valence-electron chi connectivity index (χ1n) is 7.46. The lowest BCUT2D eigenvalue weighted by molar-refractivity contribution is 0.387. The average molecular weight is 321 g/mol. The monoisotopic (exact) mass is 321 g/mol. The summed E-state index contributed by atoms with van der Waals surface area (Å²) in [4.78, 5) is 11.4. The molecule has 22 heavy (non-hydrogen) atoms. The summed E-state index contributed by atoms with van der Waals surface area (Å²) in [6.45, 7) is 9.31. The van der Waals surface area contributed by atoms with E-state index < -0.39 is 0 Å². The lowest BCUT2D eigenvalue weighted by Crippen LogP contribution is -2.43. The van der Waals surface area contributed by atoms with Gasteiger partial charge in [-0.1, -0.05) is 5.16 Å². The van der Waals surface area contributed by atoms with Crippen LogP contribution in [0, 0.1) is 13.8 Å². The van der Waals surface area contributed by atoms with Gasteiger partial charge in [0.05, 0.1) is 0 Å². The highest BCUT2D eigenvalue weighted by molar-refractivity contribution is 7.11. The van der Waals surface area contributed by atoms with Crippen LogP contribution in [0.1, 0.15) is 35.3 Å². The zero-order valence-corrected chi connectivity index (χ0v) is 14.3. The molecule has 0 aliphatic rings. The molecular formula is C15H23N5OS. The highest BCUT2D eigenvalue weighted by Crippen LogP contribution is 2.16. The van der Waals surface area contributed by atoms with Crippen LogP contribution in [0.15, 0.2) is 21.6 Å². The topological polar surface area (TPSA) is 75.3 Å². The second-order valence-electron chi connectivity index (χ2n) is 5.19. The van der Waals surface area contributed by atoms with Crippen molar-refractivity contribution in [1.29, 1.82) is 0 Å². The molecule has 2 N–H and O–H groups in total. The molecule has 0 saturated carbocycles. The maximum atomic E-state index is 4.95. The van der Waals surface area contributed by atoms with E-state index in [-0.39, 0.29) is 0 Å². The van der Waals surface area contributed by atoms with E-state index in [4.69, 9.17) is 4.52 Å². The Bertz CT molecular complexity index is 619. The van der Waals surface area contributed by atoms with Crippen molar-refractivity contribution in [1.82, 2.24) is 20.8 Å². The molecule has 0 aliphatic carbocycles. The number of aryl methyl sites for hydroxylation is 2.